The molecule has 0 aliphatic heterocycles. The third-order valence-electron chi connectivity index (χ3n) is 2.59. The Hall–Kier alpha value is -1.40. The standard InChI is InChI=1S/C13H19NO4S/c1-16-9-4-5-10(12(6-9)17-2)11(14)7-19-8-13(15)18-3/h4-6,11H,7-8,14H2,1-3H3. The van der Waals surface area contributed by atoms with Crippen molar-refractivity contribution >= 4 is 17.7 Å². The summed E-state index contributed by atoms with van der Waals surface area (Å²) in [5.74, 6) is 2.06. The largest absolute Gasteiger partial charge is 0.497 e. The van der Waals surface area contributed by atoms with Crippen molar-refractivity contribution in [3.63, 3.8) is 0 Å². The van der Waals surface area contributed by atoms with Gasteiger partial charge in [-0.25, -0.2) is 0 Å². The Labute approximate surface area is 117 Å². The van der Waals surface area contributed by atoms with Crippen LogP contribution in [0.25, 0.3) is 0 Å². The third-order valence-corrected chi connectivity index (χ3v) is 3.62. The van der Waals surface area contributed by atoms with Gasteiger partial charge in [-0.3, -0.25) is 4.79 Å². The molecule has 1 aromatic rings. The molecule has 0 aromatic heterocycles. The van der Waals surface area contributed by atoms with Gasteiger partial charge in [-0.2, -0.15) is 0 Å². The van der Waals surface area contributed by atoms with Crippen molar-refractivity contribution in [1.82, 2.24) is 0 Å². The number of nitrogens with two attached hydrogens (primary N) is 1. The van der Waals surface area contributed by atoms with Crippen LogP contribution in [-0.2, 0) is 9.53 Å². The van der Waals surface area contributed by atoms with Crippen molar-refractivity contribution in [3.8, 4) is 11.5 Å². The molecule has 2 N–H and O–H groups in total. The lowest BCUT2D eigenvalue weighted by Gasteiger charge is -2.16. The SMILES string of the molecule is COC(=O)CSCC(N)c1ccc(OC)cc1OC. The van der Waals surface area contributed by atoms with Gasteiger partial charge in [0, 0.05) is 23.4 Å². The van der Waals surface area contributed by atoms with Crippen LogP contribution in [0.3, 0.4) is 0 Å². The van der Waals surface area contributed by atoms with Crippen LogP contribution in [0.1, 0.15) is 11.6 Å². The molecule has 1 rings (SSSR count). The van der Waals surface area contributed by atoms with Crippen molar-refractivity contribution in [2.45, 2.75) is 6.04 Å². The molecule has 0 aliphatic rings. The van der Waals surface area contributed by atoms with Gasteiger partial charge in [0.05, 0.1) is 27.1 Å². The molecule has 0 spiro atoms. The first-order valence-electron chi connectivity index (χ1n) is 5.74. The highest BCUT2D eigenvalue weighted by Crippen LogP contribution is 2.29. The van der Waals surface area contributed by atoms with Crippen LogP contribution >= 0.6 is 11.8 Å². The lowest BCUT2D eigenvalue weighted by molar-refractivity contribution is -0.137. The van der Waals surface area contributed by atoms with E-state index in [-0.39, 0.29) is 12.0 Å². The summed E-state index contributed by atoms with van der Waals surface area (Å²) in [7, 11) is 4.56. The molecule has 0 saturated carbocycles. The van der Waals surface area contributed by atoms with Crippen molar-refractivity contribution in [1.29, 1.82) is 0 Å². The first kappa shape index (κ1) is 15.7. The minimum absolute atomic E-state index is 0.212. The highest BCUT2D eigenvalue weighted by molar-refractivity contribution is 7.99. The van der Waals surface area contributed by atoms with Gasteiger partial charge >= 0.3 is 5.97 Å². The Morgan fingerprint density at radius 2 is 2.05 bits per heavy atom. The predicted molar refractivity (Wildman–Crippen MR) is 75.8 cm³/mol. The average Bonchev–Trinajstić information content (AvgIpc) is 2.45. The van der Waals surface area contributed by atoms with Gasteiger partial charge in [0.2, 0.25) is 0 Å². The first-order chi connectivity index (χ1) is 9.12. The zero-order valence-corrected chi connectivity index (χ0v) is 12.2. The van der Waals surface area contributed by atoms with Gasteiger partial charge < -0.3 is 19.9 Å². The molecule has 0 aliphatic carbocycles. The molecule has 106 valence electrons. The van der Waals surface area contributed by atoms with E-state index in [4.69, 9.17) is 15.2 Å². The van der Waals surface area contributed by atoms with Crippen LogP contribution in [-0.4, -0.2) is 38.8 Å². The summed E-state index contributed by atoms with van der Waals surface area (Å²) < 4.78 is 15.0. The third kappa shape index (κ3) is 4.65. The smallest absolute Gasteiger partial charge is 0.315 e. The maximum absolute atomic E-state index is 11.0. The fourth-order valence-electron chi connectivity index (χ4n) is 1.54. The fraction of sp³-hybridized carbons (Fsp3) is 0.462. The molecule has 0 heterocycles. The summed E-state index contributed by atoms with van der Waals surface area (Å²) >= 11 is 1.43. The molecular weight excluding hydrogens is 266 g/mol. The number of methoxy groups -OCH3 is 3. The highest BCUT2D eigenvalue weighted by atomic mass is 32.2. The van der Waals surface area contributed by atoms with Gasteiger partial charge in [0.1, 0.15) is 11.5 Å². The van der Waals surface area contributed by atoms with Gasteiger partial charge in [-0.15, -0.1) is 11.8 Å². The molecule has 0 fully saturated rings. The van der Waals surface area contributed by atoms with E-state index in [1.807, 2.05) is 12.1 Å². The maximum atomic E-state index is 11.0. The van der Waals surface area contributed by atoms with Crippen LogP contribution < -0.4 is 15.2 Å². The molecule has 19 heavy (non-hydrogen) atoms. The normalized spacial score (nSPS) is 11.8. The molecule has 0 amide bonds. The zero-order chi connectivity index (χ0) is 14.3. The quantitative estimate of drug-likeness (QED) is 0.767. The van der Waals surface area contributed by atoms with Gasteiger partial charge in [-0.05, 0) is 6.07 Å². The van der Waals surface area contributed by atoms with E-state index >= 15 is 0 Å². The maximum Gasteiger partial charge on any atom is 0.315 e. The van der Waals surface area contributed by atoms with Crippen molar-refractivity contribution < 1.29 is 19.0 Å². The van der Waals surface area contributed by atoms with Crippen LogP contribution in [0.15, 0.2) is 18.2 Å². The zero-order valence-electron chi connectivity index (χ0n) is 11.3. The number of thioether (sulfide) groups is 1. The number of ether oxygens (including phenoxy) is 3. The lowest BCUT2D eigenvalue weighted by Crippen LogP contribution is -2.15. The minimum atomic E-state index is -0.251. The second kappa shape index (κ2) is 7.91. The molecular formula is C13H19NO4S. The van der Waals surface area contributed by atoms with Crippen molar-refractivity contribution in [2.24, 2.45) is 5.73 Å². The topological polar surface area (TPSA) is 70.8 Å². The van der Waals surface area contributed by atoms with Gasteiger partial charge in [0.15, 0.2) is 0 Å². The first-order valence-corrected chi connectivity index (χ1v) is 6.90. The van der Waals surface area contributed by atoms with E-state index in [1.165, 1.54) is 18.9 Å². The summed E-state index contributed by atoms with van der Waals surface area (Å²) in [5, 5.41) is 0. The van der Waals surface area contributed by atoms with E-state index < -0.39 is 0 Å². The Bertz CT molecular complexity index is 425. The average molecular weight is 285 g/mol. The molecule has 1 aromatic carbocycles. The molecule has 1 unspecified atom stereocenters. The summed E-state index contributed by atoms with van der Waals surface area (Å²) in [5.41, 5.74) is 6.99. The molecule has 0 radical (unpaired) electrons. The molecule has 6 heteroatoms. The number of hydrogen-bond donors (Lipinski definition) is 1. The van der Waals surface area contributed by atoms with E-state index in [1.54, 1.807) is 20.3 Å². The minimum Gasteiger partial charge on any atom is -0.497 e. The molecule has 1 atom stereocenters. The predicted octanol–water partition coefficient (Wildman–Crippen LogP) is 1.61. The molecule has 0 saturated heterocycles. The van der Waals surface area contributed by atoms with E-state index in [0.29, 0.717) is 17.3 Å². The number of hydrogen-bond acceptors (Lipinski definition) is 6. The number of carbonyl (C=O) groups is 1. The van der Waals surface area contributed by atoms with Gasteiger partial charge in [0.25, 0.3) is 0 Å². The van der Waals surface area contributed by atoms with Crippen LogP contribution in [0.5, 0.6) is 11.5 Å². The van der Waals surface area contributed by atoms with Crippen molar-refractivity contribution in [3.05, 3.63) is 23.8 Å². The Balaban J connectivity index is 2.65. The lowest BCUT2D eigenvalue weighted by atomic mass is 10.1. The summed E-state index contributed by atoms with van der Waals surface area (Å²) in [6.07, 6.45) is 0. The number of rotatable bonds is 7. The summed E-state index contributed by atoms with van der Waals surface area (Å²) in [6.45, 7) is 0. The Kier molecular flexibility index (Phi) is 6.52. The highest BCUT2D eigenvalue weighted by Gasteiger charge is 2.14. The van der Waals surface area contributed by atoms with E-state index in [9.17, 15) is 4.79 Å². The monoisotopic (exact) mass is 285 g/mol. The van der Waals surface area contributed by atoms with Crippen LogP contribution in [0, 0.1) is 0 Å². The number of carbonyl (C=O) groups excluding carboxylic acids is 1. The second-order valence-electron chi connectivity index (χ2n) is 3.81. The fourth-order valence-corrected chi connectivity index (χ4v) is 2.38. The molecule has 5 nitrogen and oxygen atoms in total. The Morgan fingerprint density at radius 1 is 1.32 bits per heavy atom. The van der Waals surface area contributed by atoms with E-state index in [2.05, 4.69) is 4.74 Å². The summed E-state index contributed by atoms with van der Waals surface area (Å²) in [6, 6.07) is 5.29. The summed E-state index contributed by atoms with van der Waals surface area (Å²) in [4.78, 5) is 11.0. The molecule has 0 bridgehead atoms. The number of esters is 1. The van der Waals surface area contributed by atoms with Crippen LogP contribution in [0.4, 0.5) is 0 Å². The van der Waals surface area contributed by atoms with Gasteiger partial charge in [-0.1, -0.05) is 6.07 Å². The Morgan fingerprint density at radius 3 is 2.63 bits per heavy atom. The number of benzene rings is 1. The second-order valence-corrected chi connectivity index (χ2v) is 4.84. The van der Waals surface area contributed by atoms with E-state index in [0.717, 1.165) is 11.3 Å². The van der Waals surface area contributed by atoms with Crippen molar-refractivity contribution in [2.75, 3.05) is 32.8 Å². The van der Waals surface area contributed by atoms with Crippen LogP contribution in [0.2, 0.25) is 0 Å².